The summed E-state index contributed by atoms with van der Waals surface area (Å²) in [5, 5.41) is 8.61. The maximum Gasteiger partial charge on any atom is 0.279 e. The molecule has 0 aliphatic carbocycles. The molecule has 4 N–H and O–H groups in total. The number of thioether (sulfide) groups is 2. The maximum atomic E-state index is 12.8. The van der Waals surface area contributed by atoms with Crippen LogP contribution in [0.4, 0.5) is 4.39 Å². The maximum absolute atomic E-state index is 12.8. The number of aliphatic imine (C=N–C) groups is 1. The zero-order valence-electron chi connectivity index (χ0n) is 16.5. The Morgan fingerprint density at radius 3 is 3.07 bits per heavy atom. The third kappa shape index (κ3) is 3.53. The number of amidine groups is 1. The Balaban J connectivity index is 1.53. The predicted molar refractivity (Wildman–Crippen MR) is 111 cm³/mol. The van der Waals surface area contributed by atoms with E-state index in [9.17, 15) is 9.18 Å². The molecule has 1 unspecified atom stereocenters. The summed E-state index contributed by atoms with van der Waals surface area (Å²) in [6, 6.07) is 0. The molecule has 3 aliphatic heterocycles. The standard InChI is InChI=1S/C18H24FN5O3S2/c1-9-4-11-6-28-16(20)24-18(11,8-26-9)17(3)23-12(7-29-17)21-15(25)14-10(2)27-13(5-19)22-14/h7,9,11,23H,4-6,8H2,1-3H3,(H2,20,24)(H,21,25)/t9-,11-,17?,18-/m0/s1. The van der Waals surface area contributed by atoms with Crippen LogP contribution in [0, 0.1) is 12.8 Å². The second-order valence-electron chi connectivity index (χ2n) is 7.65. The van der Waals surface area contributed by atoms with E-state index in [-0.39, 0.29) is 23.4 Å². The van der Waals surface area contributed by atoms with Crippen LogP contribution in [-0.2, 0) is 11.4 Å². The summed E-state index contributed by atoms with van der Waals surface area (Å²) in [5.41, 5.74) is 5.62. The van der Waals surface area contributed by atoms with E-state index in [0.29, 0.717) is 23.5 Å². The van der Waals surface area contributed by atoms with Gasteiger partial charge in [-0.15, -0.1) is 0 Å². The van der Waals surface area contributed by atoms with Crippen LogP contribution in [0.3, 0.4) is 0 Å². The molecular formula is C18H24FN5O3S2. The van der Waals surface area contributed by atoms with Crippen molar-refractivity contribution in [1.82, 2.24) is 15.6 Å². The van der Waals surface area contributed by atoms with E-state index in [4.69, 9.17) is 19.9 Å². The van der Waals surface area contributed by atoms with Gasteiger partial charge in [0.05, 0.1) is 12.7 Å². The zero-order chi connectivity index (χ0) is 20.8. The normalized spacial score (nSPS) is 34.1. The summed E-state index contributed by atoms with van der Waals surface area (Å²) in [6.07, 6.45) is 1.07. The number of carbonyl (C=O) groups excluding carboxylic acids is 1. The summed E-state index contributed by atoms with van der Waals surface area (Å²) in [5.74, 6) is 1.41. The number of halogens is 1. The number of aryl methyl sites for hydroxylation is 1. The molecule has 1 amide bonds. The number of fused-ring (bicyclic) bond motifs is 1. The van der Waals surface area contributed by atoms with E-state index >= 15 is 0 Å². The van der Waals surface area contributed by atoms with Crippen molar-refractivity contribution >= 4 is 34.6 Å². The van der Waals surface area contributed by atoms with Crippen LogP contribution in [0.1, 0.15) is 42.4 Å². The fourth-order valence-electron chi connectivity index (χ4n) is 4.09. The van der Waals surface area contributed by atoms with Crippen LogP contribution < -0.4 is 16.4 Å². The molecule has 4 rings (SSSR count). The Morgan fingerprint density at radius 1 is 1.55 bits per heavy atom. The quantitative estimate of drug-likeness (QED) is 0.652. The lowest BCUT2D eigenvalue weighted by Gasteiger charge is -2.53. The summed E-state index contributed by atoms with van der Waals surface area (Å²) < 4.78 is 23.9. The Kier molecular flexibility index (Phi) is 5.32. The van der Waals surface area contributed by atoms with Gasteiger partial charge in [0.15, 0.2) is 17.5 Å². The number of hydrogen-bond donors (Lipinski definition) is 3. The second kappa shape index (κ2) is 7.51. The van der Waals surface area contributed by atoms with Crippen LogP contribution in [0.2, 0.25) is 0 Å². The number of hydrogen-bond acceptors (Lipinski definition) is 9. The minimum absolute atomic E-state index is 0.0705. The molecule has 8 nitrogen and oxygen atoms in total. The number of aromatic nitrogens is 1. The van der Waals surface area contributed by atoms with Gasteiger partial charge in [-0.3, -0.25) is 4.79 Å². The van der Waals surface area contributed by atoms with E-state index in [2.05, 4.69) is 29.5 Å². The summed E-state index contributed by atoms with van der Waals surface area (Å²) in [4.78, 5) is 20.8. The van der Waals surface area contributed by atoms with E-state index in [1.165, 1.54) is 0 Å². The van der Waals surface area contributed by atoms with Crippen molar-refractivity contribution in [2.75, 3.05) is 12.4 Å². The highest BCUT2D eigenvalue weighted by Gasteiger charge is 2.59. The molecule has 0 radical (unpaired) electrons. The molecule has 1 fully saturated rings. The number of nitrogens with two attached hydrogens (primary N) is 1. The predicted octanol–water partition coefficient (Wildman–Crippen LogP) is 2.26. The Hall–Kier alpha value is -1.72. The zero-order valence-corrected chi connectivity index (χ0v) is 18.1. The highest BCUT2D eigenvalue weighted by molar-refractivity contribution is 8.13. The summed E-state index contributed by atoms with van der Waals surface area (Å²) in [6.45, 7) is 5.30. The summed E-state index contributed by atoms with van der Waals surface area (Å²) in [7, 11) is 0. The Morgan fingerprint density at radius 2 is 2.34 bits per heavy atom. The number of alkyl halides is 1. The van der Waals surface area contributed by atoms with Crippen LogP contribution in [0.5, 0.6) is 0 Å². The van der Waals surface area contributed by atoms with Gasteiger partial charge in [0.1, 0.15) is 22.0 Å². The number of nitrogens with zero attached hydrogens (tertiary/aromatic N) is 2. The highest BCUT2D eigenvalue weighted by atomic mass is 32.2. The fourth-order valence-corrected chi connectivity index (χ4v) is 6.22. The molecule has 3 aliphatic rings. The number of ether oxygens (including phenoxy) is 1. The van der Waals surface area contributed by atoms with Crippen molar-refractivity contribution in [3.63, 3.8) is 0 Å². The number of nitrogens with one attached hydrogen (secondary N) is 2. The third-order valence-corrected chi connectivity index (χ3v) is 7.89. The molecule has 29 heavy (non-hydrogen) atoms. The third-order valence-electron chi connectivity index (χ3n) is 5.65. The number of rotatable bonds is 4. The van der Waals surface area contributed by atoms with Crippen molar-refractivity contribution in [3.05, 3.63) is 28.6 Å². The van der Waals surface area contributed by atoms with E-state index in [1.807, 2.05) is 5.41 Å². The highest BCUT2D eigenvalue weighted by Crippen LogP contribution is 2.51. The lowest BCUT2D eigenvalue weighted by Crippen LogP contribution is -2.67. The van der Waals surface area contributed by atoms with Crippen molar-refractivity contribution in [2.24, 2.45) is 16.6 Å². The molecule has 11 heteroatoms. The molecule has 4 atom stereocenters. The van der Waals surface area contributed by atoms with Gasteiger partial charge in [0.25, 0.3) is 5.91 Å². The molecule has 0 saturated carbocycles. The van der Waals surface area contributed by atoms with Crippen molar-refractivity contribution in [1.29, 1.82) is 0 Å². The number of oxazole rings is 1. The Bertz CT molecular complexity index is 891. The molecule has 1 aromatic rings. The van der Waals surface area contributed by atoms with E-state index in [0.717, 1.165) is 12.2 Å². The lowest BCUT2D eigenvalue weighted by atomic mass is 9.75. The van der Waals surface area contributed by atoms with Crippen molar-refractivity contribution in [3.8, 4) is 0 Å². The van der Waals surface area contributed by atoms with E-state index in [1.54, 1.807) is 30.4 Å². The van der Waals surface area contributed by atoms with Gasteiger partial charge in [-0.2, -0.15) is 0 Å². The van der Waals surface area contributed by atoms with Gasteiger partial charge in [0.2, 0.25) is 5.89 Å². The molecule has 1 saturated heterocycles. The largest absolute Gasteiger partial charge is 0.442 e. The van der Waals surface area contributed by atoms with Gasteiger partial charge in [0, 0.05) is 17.1 Å². The van der Waals surface area contributed by atoms with Gasteiger partial charge < -0.3 is 25.5 Å². The SMILES string of the molecule is Cc1oc(CF)nc1C(=O)NC1=CSC(C)([C@]23CO[C@@H](C)C[C@H]2CSC(N)=N3)N1. The molecule has 0 spiro atoms. The first kappa shape index (κ1) is 20.5. The topological polar surface area (TPSA) is 115 Å². The average Bonchev–Trinajstić information content (AvgIpc) is 3.25. The van der Waals surface area contributed by atoms with Gasteiger partial charge in [-0.05, 0) is 27.2 Å². The van der Waals surface area contributed by atoms with E-state index < -0.39 is 23.0 Å². The molecule has 1 aromatic heterocycles. The first-order chi connectivity index (χ1) is 13.8. The van der Waals surface area contributed by atoms with Crippen molar-refractivity contribution in [2.45, 2.75) is 50.4 Å². The van der Waals surface area contributed by atoms with Gasteiger partial charge in [-0.1, -0.05) is 23.5 Å². The molecule has 0 aromatic carbocycles. The van der Waals surface area contributed by atoms with Crippen LogP contribution in [0.15, 0.2) is 20.6 Å². The molecule has 0 bridgehead atoms. The van der Waals surface area contributed by atoms with Crippen molar-refractivity contribution < 1.29 is 18.3 Å². The second-order valence-corrected chi connectivity index (χ2v) is 9.98. The Labute approximate surface area is 176 Å². The van der Waals surface area contributed by atoms with Crippen LogP contribution in [-0.4, -0.2) is 44.9 Å². The number of carbonyl (C=O) groups is 1. The monoisotopic (exact) mass is 441 g/mol. The minimum atomic E-state index is -0.858. The fraction of sp³-hybridized carbons (Fsp3) is 0.611. The average molecular weight is 442 g/mol. The smallest absolute Gasteiger partial charge is 0.279 e. The lowest BCUT2D eigenvalue weighted by molar-refractivity contribution is -0.0585. The first-order valence-electron chi connectivity index (χ1n) is 9.36. The van der Waals surface area contributed by atoms with Crippen LogP contribution >= 0.6 is 23.5 Å². The molecule has 158 valence electrons. The number of amides is 1. The molecule has 4 heterocycles. The van der Waals surface area contributed by atoms with Crippen LogP contribution in [0.25, 0.3) is 0 Å². The minimum Gasteiger partial charge on any atom is -0.442 e. The first-order valence-corrected chi connectivity index (χ1v) is 11.2. The summed E-state index contributed by atoms with van der Waals surface area (Å²) >= 11 is 3.12. The molecular weight excluding hydrogens is 417 g/mol. The van der Waals surface area contributed by atoms with Gasteiger partial charge in [-0.25, -0.2) is 14.4 Å². The van der Waals surface area contributed by atoms with Gasteiger partial charge >= 0.3 is 0 Å².